The molecule has 2 unspecified atom stereocenters. The Morgan fingerprint density at radius 1 is 1.33 bits per heavy atom. The first-order chi connectivity index (χ1) is 9.94. The summed E-state index contributed by atoms with van der Waals surface area (Å²) in [5, 5.41) is 12.5. The maximum absolute atomic E-state index is 12.7. The van der Waals surface area contributed by atoms with Crippen LogP contribution in [0, 0.1) is 11.3 Å². The SMILES string of the molecule is CC1CCCC(NC(=O)C2(CN)CCOCC2)(C(=O)O)C1. The van der Waals surface area contributed by atoms with E-state index in [9.17, 15) is 14.7 Å². The van der Waals surface area contributed by atoms with Crippen molar-refractivity contribution < 1.29 is 19.4 Å². The van der Waals surface area contributed by atoms with Gasteiger partial charge in [-0.1, -0.05) is 19.8 Å². The molecular formula is C15H26N2O4. The van der Waals surface area contributed by atoms with Gasteiger partial charge >= 0.3 is 5.97 Å². The number of ether oxygens (including phenoxy) is 1. The normalized spacial score (nSPS) is 32.4. The highest BCUT2D eigenvalue weighted by Gasteiger charge is 2.47. The fourth-order valence-electron chi connectivity index (χ4n) is 3.55. The number of hydrogen-bond acceptors (Lipinski definition) is 4. The van der Waals surface area contributed by atoms with E-state index in [1.807, 2.05) is 6.92 Å². The summed E-state index contributed by atoms with van der Waals surface area (Å²) < 4.78 is 5.30. The van der Waals surface area contributed by atoms with Crippen LogP contribution in [0.25, 0.3) is 0 Å². The standard InChI is InChI=1S/C15H26N2O4/c1-11-3-2-4-15(9-11,13(19)20)17-12(18)14(10-16)5-7-21-8-6-14/h11H,2-10,16H2,1H3,(H,17,18)(H,19,20). The van der Waals surface area contributed by atoms with Crippen LogP contribution in [0.15, 0.2) is 0 Å². The van der Waals surface area contributed by atoms with Crippen LogP contribution in [-0.4, -0.2) is 42.3 Å². The quantitative estimate of drug-likeness (QED) is 0.715. The van der Waals surface area contributed by atoms with Gasteiger partial charge in [0.05, 0.1) is 5.41 Å². The molecule has 2 aliphatic rings. The summed E-state index contributed by atoms with van der Waals surface area (Å²) in [5.41, 5.74) is 4.02. The fourth-order valence-corrected chi connectivity index (χ4v) is 3.55. The maximum Gasteiger partial charge on any atom is 0.329 e. The van der Waals surface area contributed by atoms with E-state index >= 15 is 0 Å². The molecule has 2 fully saturated rings. The van der Waals surface area contributed by atoms with Gasteiger partial charge in [-0.05, 0) is 31.6 Å². The van der Waals surface area contributed by atoms with Gasteiger partial charge < -0.3 is 20.9 Å². The van der Waals surface area contributed by atoms with E-state index < -0.39 is 16.9 Å². The van der Waals surface area contributed by atoms with Crippen LogP contribution in [0.3, 0.4) is 0 Å². The van der Waals surface area contributed by atoms with E-state index in [1.165, 1.54) is 0 Å². The molecule has 2 atom stereocenters. The Bertz CT molecular complexity index is 406. The lowest BCUT2D eigenvalue weighted by molar-refractivity contribution is -0.153. The lowest BCUT2D eigenvalue weighted by Crippen LogP contribution is -2.61. The van der Waals surface area contributed by atoms with Crippen molar-refractivity contribution >= 4 is 11.9 Å². The molecule has 1 heterocycles. The average molecular weight is 298 g/mol. The van der Waals surface area contributed by atoms with Gasteiger partial charge in [-0.2, -0.15) is 0 Å². The van der Waals surface area contributed by atoms with Crippen molar-refractivity contribution in [3.05, 3.63) is 0 Å². The van der Waals surface area contributed by atoms with Crippen molar-refractivity contribution in [1.29, 1.82) is 0 Å². The van der Waals surface area contributed by atoms with Gasteiger partial charge in [-0.3, -0.25) is 4.79 Å². The molecule has 1 aliphatic heterocycles. The third kappa shape index (κ3) is 3.21. The van der Waals surface area contributed by atoms with Crippen molar-refractivity contribution in [2.45, 2.75) is 51.0 Å². The highest BCUT2D eigenvalue weighted by atomic mass is 16.5. The molecule has 6 nitrogen and oxygen atoms in total. The number of rotatable bonds is 4. The largest absolute Gasteiger partial charge is 0.480 e. The predicted octanol–water partition coefficient (Wildman–Crippen LogP) is 0.892. The average Bonchev–Trinajstić information content (AvgIpc) is 2.47. The summed E-state index contributed by atoms with van der Waals surface area (Å²) in [7, 11) is 0. The molecule has 2 rings (SSSR count). The zero-order valence-corrected chi connectivity index (χ0v) is 12.7. The summed E-state index contributed by atoms with van der Waals surface area (Å²) in [6, 6.07) is 0. The lowest BCUT2D eigenvalue weighted by atomic mass is 9.74. The van der Waals surface area contributed by atoms with Gasteiger partial charge in [0.25, 0.3) is 0 Å². The van der Waals surface area contributed by atoms with Crippen LogP contribution in [0.1, 0.15) is 45.4 Å². The van der Waals surface area contributed by atoms with E-state index in [1.54, 1.807) is 0 Å². The predicted molar refractivity (Wildman–Crippen MR) is 77.7 cm³/mol. The second-order valence-corrected chi connectivity index (χ2v) is 6.64. The summed E-state index contributed by atoms with van der Waals surface area (Å²) in [5.74, 6) is -0.843. The topological polar surface area (TPSA) is 102 Å². The molecule has 4 N–H and O–H groups in total. The first-order valence-corrected chi connectivity index (χ1v) is 7.78. The first kappa shape index (κ1) is 16.2. The van der Waals surface area contributed by atoms with Crippen molar-refractivity contribution in [3.8, 4) is 0 Å². The van der Waals surface area contributed by atoms with Crippen molar-refractivity contribution in [2.24, 2.45) is 17.1 Å². The molecule has 0 aromatic rings. The number of aliphatic carboxylic acids is 1. The van der Waals surface area contributed by atoms with Gasteiger partial charge in [0.2, 0.25) is 5.91 Å². The number of amides is 1. The Hall–Kier alpha value is -1.14. The molecule has 0 spiro atoms. The second kappa shape index (κ2) is 6.32. The lowest BCUT2D eigenvalue weighted by Gasteiger charge is -2.41. The zero-order valence-electron chi connectivity index (χ0n) is 12.7. The van der Waals surface area contributed by atoms with Crippen LogP contribution in [0.4, 0.5) is 0 Å². The maximum atomic E-state index is 12.7. The molecule has 0 bridgehead atoms. The minimum absolute atomic E-state index is 0.218. The highest BCUT2D eigenvalue weighted by molar-refractivity contribution is 5.90. The number of carbonyl (C=O) groups is 2. The molecular weight excluding hydrogens is 272 g/mol. The zero-order chi connectivity index (χ0) is 15.5. The molecule has 6 heteroatoms. The molecule has 1 saturated heterocycles. The van der Waals surface area contributed by atoms with E-state index in [2.05, 4.69) is 5.32 Å². The van der Waals surface area contributed by atoms with Crippen molar-refractivity contribution in [2.75, 3.05) is 19.8 Å². The minimum atomic E-state index is -1.13. The van der Waals surface area contributed by atoms with Crippen molar-refractivity contribution in [3.63, 3.8) is 0 Å². The summed E-state index contributed by atoms with van der Waals surface area (Å²) in [6.45, 7) is 3.27. The Morgan fingerprint density at radius 2 is 2.00 bits per heavy atom. The number of carbonyl (C=O) groups excluding carboxylic acids is 1. The molecule has 21 heavy (non-hydrogen) atoms. The monoisotopic (exact) mass is 298 g/mol. The van der Waals surface area contributed by atoms with Crippen LogP contribution in [0.2, 0.25) is 0 Å². The summed E-state index contributed by atoms with van der Waals surface area (Å²) >= 11 is 0. The number of hydrogen-bond donors (Lipinski definition) is 3. The Labute approximate surface area is 125 Å². The third-order valence-electron chi connectivity index (χ3n) is 5.08. The molecule has 0 aromatic carbocycles. The van der Waals surface area contributed by atoms with E-state index in [0.29, 0.717) is 44.8 Å². The first-order valence-electron chi connectivity index (χ1n) is 7.78. The number of nitrogens with one attached hydrogen (secondary N) is 1. The Kier molecular flexibility index (Phi) is 4.88. The van der Waals surface area contributed by atoms with Crippen LogP contribution >= 0.6 is 0 Å². The number of nitrogens with two attached hydrogens (primary N) is 1. The summed E-state index contributed by atoms with van der Waals surface area (Å²) in [4.78, 5) is 24.5. The van der Waals surface area contributed by atoms with Gasteiger partial charge in [0, 0.05) is 19.8 Å². The van der Waals surface area contributed by atoms with E-state index in [-0.39, 0.29) is 12.5 Å². The second-order valence-electron chi connectivity index (χ2n) is 6.64. The van der Waals surface area contributed by atoms with Gasteiger partial charge in [0.15, 0.2) is 0 Å². The van der Waals surface area contributed by atoms with Gasteiger partial charge in [-0.15, -0.1) is 0 Å². The minimum Gasteiger partial charge on any atom is -0.480 e. The smallest absolute Gasteiger partial charge is 0.329 e. The summed E-state index contributed by atoms with van der Waals surface area (Å²) in [6.07, 6.45) is 3.94. The molecule has 1 saturated carbocycles. The molecule has 1 aliphatic carbocycles. The molecule has 0 radical (unpaired) electrons. The van der Waals surface area contributed by atoms with Crippen LogP contribution in [0.5, 0.6) is 0 Å². The molecule has 0 aromatic heterocycles. The Morgan fingerprint density at radius 3 is 2.52 bits per heavy atom. The number of carboxylic acid groups (broad SMARTS) is 1. The van der Waals surface area contributed by atoms with Gasteiger partial charge in [0.1, 0.15) is 5.54 Å². The van der Waals surface area contributed by atoms with E-state index in [4.69, 9.17) is 10.5 Å². The molecule has 120 valence electrons. The van der Waals surface area contributed by atoms with Gasteiger partial charge in [-0.25, -0.2) is 4.79 Å². The Balaban J connectivity index is 2.16. The highest BCUT2D eigenvalue weighted by Crippen LogP contribution is 2.35. The van der Waals surface area contributed by atoms with E-state index in [0.717, 1.165) is 12.8 Å². The fraction of sp³-hybridized carbons (Fsp3) is 0.867. The molecule has 1 amide bonds. The van der Waals surface area contributed by atoms with Crippen LogP contribution < -0.4 is 11.1 Å². The van der Waals surface area contributed by atoms with Crippen LogP contribution in [-0.2, 0) is 14.3 Å². The number of carboxylic acids is 1. The third-order valence-corrected chi connectivity index (χ3v) is 5.08. The van der Waals surface area contributed by atoms with Crippen molar-refractivity contribution in [1.82, 2.24) is 5.32 Å².